The van der Waals surface area contributed by atoms with Gasteiger partial charge in [0.05, 0.1) is 5.69 Å². The van der Waals surface area contributed by atoms with Gasteiger partial charge in [0.15, 0.2) is 5.15 Å². The number of aromatic nitrogens is 1. The van der Waals surface area contributed by atoms with E-state index < -0.39 is 5.60 Å². The maximum Gasteiger partial charge on any atom is 0.256 e. The van der Waals surface area contributed by atoms with Crippen LogP contribution in [0.2, 0.25) is 5.15 Å². The molecule has 1 amide bonds. The third kappa shape index (κ3) is 2.78. The third-order valence-corrected chi connectivity index (χ3v) is 3.49. The molecule has 2 rings (SSSR count). The van der Waals surface area contributed by atoms with Gasteiger partial charge in [-0.2, -0.15) is 0 Å². The van der Waals surface area contributed by atoms with E-state index in [0.717, 1.165) is 17.3 Å². The summed E-state index contributed by atoms with van der Waals surface area (Å²) in [6.45, 7) is 2.41. The highest BCUT2D eigenvalue weighted by molar-refractivity contribution is 9.10. The van der Waals surface area contributed by atoms with Crippen LogP contribution in [-0.4, -0.2) is 23.1 Å². The molecule has 1 fully saturated rings. The summed E-state index contributed by atoms with van der Waals surface area (Å²) in [4.78, 5) is 16.0. The number of nitrogens with one attached hydrogen (secondary N) is 1. The van der Waals surface area contributed by atoms with Gasteiger partial charge in [0.2, 0.25) is 0 Å². The number of nitrogens with zero attached hydrogens (tertiary/aromatic N) is 1. The van der Waals surface area contributed by atoms with Crippen LogP contribution in [-0.2, 0) is 9.53 Å². The van der Waals surface area contributed by atoms with Crippen molar-refractivity contribution in [3.8, 4) is 0 Å². The number of carbonyl (C=O) groups is 1. The lowest BCUT2D eigenvalue weighted by Gasteiger charge is -2.22. The predicted molar refractivity (Wildman–Crippen MR) is 69.2 cm³/mol. The van der Waals surface area contributed by atoms with Crippen LogP contribution in [0.1, 0.15) is 19.8 Å². The quantitative estimate of drug-likeness (QED) is 0.853. The first-order valence-corrected chi connectivity index (χ1v) is 6.45. The molecule has 1 atom stereocenters. The number of rotatable bonds is 2. The van der Waals surface area contributed by atoms with Crippen molar-refractivity contribution >= 4 is 39.1 Å². The molecule has 6 heteroatoms. The number of hydrogen-bond acceptors (Lipinski definition) is 3. The van der Waals surface area contributed by atoms with E-state index in [2.05, 4.69) is 26.2 Å². The minimum absolute atomic E-state index is 0.184. The fourth-order valence-electron chi connectivity index (χ4n) is 1.72. The van der Waals surface area contributed by atoms with E-state index in [1.165, 1.54) is 0 Å². The number of anilines is 1. The van der Waals surface area contributed by atoms with Gasteiger partial charge >= 0.3 is 0 Å². The molecule has 0 aliphatic carbocycles. The van der Waals surface area contributed by atoms with E-state index in [1.54, 1.807) is 19.2 Å². The molecule has 1 saturated heterocycles. The lowest BCUT2D eigenvalue weighted by molar-refractivity contribution is -0.133. The highest BCUT2D eigenvalue weighted by Crippen LogP contribution is 2.29. The van der Waals surface area contributed by atoms with Crippen molar-refractivity contribution in [2.24, 2.45) is 0 Å². The number of halogens is 2. The number of pyridine rings is 1. The molecule has 1 aliphatic rings. The molecule has 0 aromatic carbocycles. The highest BCUT2D eigenvalue weighted by atomic mass is 79.9. The Balaban J connectivity index is 2.15. The summed E-state index contributed by atoms with van der Waals surface area (Å²) in [5.41, 5.74) is -0.270. The van der Waals surface area contributed by atoms with Gasteiger partial charge < -0.3 is 10.1 Å². The molecule has 0 bridgehead atoms. The average molecular weight is 320 g/mol. The Morgan fingerprint density at radius 3 is 3.12 bits per heavy atom. The van der Waals surface area contributed by atoms with E-state index >= 15 is 0 Å². The van der Waals surface area contributed by atoms with Crippen LogP contribution in [0.4, 0.5) is 5.69 Å². The molecular formula is C11H12BrClN2O2. The van der Waals surface area contributed by atoms with Gasteiger partial charge in [0, 0.05) is 17.3 Å². The Bertz CT molecular complexity index is 447. The fraction of sp³-hybridized carbons (Fsp3) is 0.455. The summed E-state index contributed by atoms with van der Waals surface area (Å²) in [6.07, 6.45) is 3.19. The van der Waals surface area contributed by atoms with E-state index in [0.29, 0.717) is 12.3 Å². The van der Waals surface area contributed by atoms with Crippen molar-refractivity contribution in [3.63, 3.8) is 0 Å². The lowest BCUT2D eigenvalue weighted by Crippen LogP contribution is -2.39. The van der Waals surface area contributed by atoms with Crippen molar-refractivity contribution in [2.75, 3.05) is 11.9 Å². The van der Waals surface area contributed by atoms with Gasteiger partial charge in [-0.25, -0.2) is 4.98 Å². The second-order valence-corrected chi connectivity index (χ2v) is 5.40. The largest absolute Gasteiger partial charge is 0.365 e. The van der Waals surface area contributed by atoms with Gasteiger partial charge in [-0.1, -0.05) is 11.6 Å². The van der Waals surface area contributed by atoms with E-state index in [1.807, 2.05) is 0 Å². The van der Waals surface area contributed by atoms with Crippen LogP contribution in [0.15, 0.2) is 16.7 Å². The van der Waals surface area contributed by atoms with Crippen LogP contribution < -0.4 is 5.32 Å². The number of hydrogen-bond donors (Lipinski definition) is 1. The zero-order valence-corrected chi connectivity index (χ0v) is 11.6. The minimum Gasteiger partial charge on any atom is -0.365 e. The summed E-state index contributed by atoms with van der Waals surface area (Å²) in [6, 6.07) is 1.71. The van der Waals surface area contributed by atoms with Crippen molar-refractivity contribution in [3.05, 3.63) is 21.9 Å². The molecule has 1 N–H and O–H groups in total. The SMILES string of the molecule is CC1(C(=O)Nc2cc(Br)cnc2Cl)CCCO1. The molecular weight excluding hydrogens is 307 g/mol. The molecule has 0 radical (unpaired) electrons. The standard InChI is InChI=1S/C11H12BrClN2O2/c1-11(3-2-4-17-11)10(16)15-8-5-7(12)6-14-9(8)13/h5-6H,2-4H2,1H3,(H,15,16). The van der Waals surface area contributed by atoms with Crippen LogP contribution in [0.25, 0.3) is 0 Å². The van der Waals surface area contributed by atoms with Crippen LogP contribution in [0.3, 0.4) is 0 Å². The Kier molecular flexibility index (Phi) is 3.70. The average Bonchev–Trinajstić information content (AvgIpc) is 2.72. The van der Waals surface area contributed by atoms with Gasteiger partial charge in [0.1, 0.15) is 5.60 Å². The van der Waals surface area contributed by atoms with Gasteiger partial charge in [0.25, 0.3) is 5.91 Å². The second kappa shape index (κ2) is 4.92. The predicted octanol–water partition coefficient (Wildman–Crippen LogP) is 3.01. The van der Waals surface area contributed by atoms with Crippen molar-refractivity contribution in [2.45, 2.75) is 25.4 Å². The monoisotopic (exact) mass is 318 g/mol. The number of carbonyl (C=O) groups excluding carboxylic acids is 1. The lowest BCUT2D eigenvalue weighted by atomic mass is 10.0. The zero-order valence-electron chi connectivity index (χ0n) is 9.30. The van der Waals surface area contributed by atoms with Crippen molar-refractivity contribution in [1.29, 1.82) is 0 Å². The molecule has 1 aromatic heterocycles. The number of ether oxygens (including phenoxy) is 1. The van der Waals surface area contributed by atoms with Crippen LogP contribution in [0.5, 0.6) is 0 Å². The summed E-state index contributed by atoms with van der Waals surface area (Å²) < 4.78 is 6.22. The molecule has 4 nitrogen and oxygen atoms in total. The third-order valence-electron chi connectivity index (χ3n) is 2.75. The molecule has 0 spiro atoms. The van der Waals surface area contributed by atoms with E-state index in [9.17, 15) is 4.79 Å². The Hall–Kier alpha value is -0.650. The minimum atomic E-state index is -0.758. The normalized spacial score (nSPS) is 23.7. The van der Waals surface area contributed by atoms with E-state index in [4.69, 9.17) is 16.3 Å². The molecule has 2 heterocycles. The Morgan fingerprint density at radius 1 is 1.71 bits per heavy atom. The van der Waals surface area contributed by atoms with Crippen LogP contribution in [0, 0.1) is 0 Å². The van der Waals surface area contributed by atoms with Gasteiger partial charge in [-0.3, -0.25) is 4.79 Å². The first-order valence-electron chi connectivity index (χ1n) is 5.28. The Morgan fingerprint density at radius 2 is 2.47 bits per heavy atom. The topological polar surface area (TPSA) is 51.2 Å². The number of amides is 1. The maximum atomic E-state index is 12.1. The van der Waals surface area contributed by atoms with Crippen molar-refractivity contribution < 1.29 is 9.53 Å². The zero-order chi connectivity index (χ0) is 12.5. The summed E-state index contributed by atoms with van der Waals surface area (Å²) in [5.74, 6) is -0.184. The molecule has 1 aliphatic heterocycles. The summed E-state index contributed by atoms with van der Waals surface area (Å²) in [5, 5.41) is 3.01. The van der Waals surface area contributed by atoms with Gasteiger partial charge in [-0.05, 0) is 41.8 Å². The Labute approximate surface area is 113 Å². The fourth-order valence-corrected chi connectivity index (χ4v) is 2.20. The van der Waals surface area contributed by atoms with E-state index in [-0.39, 0.29) is 11.1 Å². The van der Waals surface area contributed by atoms with Gasteiger partial charge in [-0.15, -0.1) is 0 Å². The first kappa shape index (κ1) is 12.8. The molecule has 1 unspecified atom stereocenters. The molecule has 17 heavy (non-hydrogen) atoms. The first-order chi connectivity index (χ1) is 8.01. The molecule has 1 aromatic rings. The van der Waals surface area contributed by atoms with Crippen LogP contribution >= 0.6 is 27.5 Å². The summed E-state index contributed by atoms with van der Waals surface area (Å²) >= 11 is 9.18. The maximum absolute atomic E-state index is 12.1. The van der Waals surface area contributed by atoms with Crippen molar-refractivity contribution in [1.82, 2.24) is 4.98 Å². The highest BCUT2D eigenvalue weighted by Gasteiger charge is 2.37. The molecule has 92 valence electrons. The second-order valence-electron chi connectivity index (χ2n) is 4.13. The molecule has 0 saturated carbocycles. The smallest absolute Gasteiger partial charge is 0.256 e. The summed E-state index contributed by atoms with van der Waals surface area (Å²) in [7, 11) is 0.